The highest BCUT2D eigenvalue weighted by Gasteiger charge is 2.30. The second-order valence-electron chi connectivity index (χ2n) is 7.32. The van der Waals surface area contributed by atoms with Crippen LogP contribution in [0.15, 0.2) is 47.4 Å². The maximum Gasteiger partial charge on any atom is 0.246 e. The number of fused-ring (bicyclic) bond motifs is 1. The summed E-state index contributed by atoms with van der Waals surface area (Å²) in [5.41, 5.74) is 3.46. The van der Waals surface area contributed by atoms with Gasteiger partial charge in [0.2, 0.25) is 15.9 Å². The summed E-state index contributed by atoms with van der Waals surface area (Å²) >= 11 is 0. The van der Waals surface area contributed by atoms with Gasteiger partial charge in [0.25, 0.3) is 0 Å². The van der Waals surface area contributed by atoms with Crippen LogP contribution in [-0.4, -0.2) is 51.9 Å². The summed E-state index contributed by atoms with van der Waals surface area (Å²) in [6, 6.07) is 12.9. The molecule has 1 atom stereocenters. The molecule has 7 nitrogen and oxygen atoms in total. The molecule has 0 aliphatic carbocycles. The highest BCUT2D eigenvalue weighted by atomic mass is 32.2. The van der Waals surface area contributed by atoms with Crippen LogP contribution in [-0.2, 0) is 21.2 Å². The van der Waals surface area contributed by atoms with Gasteiger partial charge in [0.15, 0.2) is 0 Å². The zero-order valence-corrected chi connectivity index (χ0v) is 18.1. The summed E-state index contributed by atoms with van der Waals surface area (Å²) in [5.74, 6) is -0.0502. The van der Waals surface area contributed by atoms with Gasteiger partial charge in [-0.3, -0.25) is 4.79 Å². The van der Waals surface area contributed by atoms with Gasteiger partial charge >= 0.3 is 0 Å². The molecule has 156 valence electrons. The lowest BCUT2D eigenvalue weighted by Gasteiger charge is -2.24. The second-order valence-corrected chi connectivity index (χ2v) is 9.48. The van der Waals surface area contributed by atoms with Gasteiger partial charge in [-0.1, -0.05) is 18.2 Å². The average molecular weight is 417 g/mol. The predicted molar refractivity (Wildman–Crippen MR) is 117 cm³/mol. The molecule has 2 aromatic carbocycles. The van der Waals surface area contributed by atoms with E-state index in [0.717, 1.165) is 17.8 Å². The van der Waals surface area contributed by atoms with Crippen LogP contribution in [0.25, 0.3) is 0 Å². The number of hydrogen-bond acceptors (Lipinski definition) is 5. The molecule has 1 heterocycles. The molecule has 0 saturated heterocycles. The first-order valence-corrected chi connectivity index (χ1v) is 11.1. The van der Waals surface area contributed by atoms with Gasteiger partial charge in [-0.05, 0) is 50.1 Å². The third kappa shape index (κ3) is 4.23. The van der Waals surface area contributed by atoms with Crippen molar-refractivity contribution in [3.63, 3.8) is 0 Å². The topological polar surface area (TPSA) is 81.8 Å². The number of carbonyl (C=O) groups excluding carboxylic acids is 1. The Labute approximate surface area is 172 Å². The van der Waals surface area contributed by atoms with E-state index in [1.165, 1.54) is 24.0 Å². The number of hydrogen-bond donors (Lipinski definition) is 2. The monoisotopic (exact) mass is 416 g/mol. The molecule has 29 heavy (non-hydrogen) atoms. The Morgan fingerprint density at radius 3 is 2.55 bits per heavy atom. The number of benzene rings is 2. The average Bonchev–Trinajstić information content (AvgIpc) is 3.02. The van der Waals surface area contributed by atoms with E-state index in [9.17, 15) is 13.2 Å². The van der Waals surface area contributed by atoms with Crippen LogP contribution < -0.4 is 15.5 Å². The van der Waals surface area contributed by atoms with E-state index in [1.54, 1.807) is 18.2 Å². The molecular weight excluding hydrogens is 388 g/mol. The summed E-state index contributed by atoms with van der Waals surface area (Å²) < 4.78 is 26.1. The van der Waals surface area contributed by atoms with Crippen molar-refractivity contribution in [3.05, 3.63) is 48.0 Å². The van der Waals surface area contributed by atoms with Crippen molar-refractivity contribution in [2.45, 2.75) is 31.2 Å². The van der Waals surface area contributed by atoms with Crippen molar-refractivity contribution in [2.24, 2.45) is 0 Å². The first-order valence-electron chi connectivity index (χ1n) is 9.70. The minimum atomic E-state index is -3.56. The van der Waals surface area contributed by atoms with E-state index in [4.69, 9.17) is 0 Å². The molecule has 0 spiro atoms. The van der Waals surface area contributed by atoms with Crippen LogP contribution in [0.4, 0.5) is 17.1 Å². The van der Waals surface area contributed by atoms with Crippen LogP contribution in [0.3, 0.4) is 0 Å². The lowest BCUT2D eigenvalue weighted by atomic mass is 10.1. The van der Waals surface area contributed by atoms with Gasteiger partial charge in [-0.15, -0.1) is 0 Å². The van der Waals surface area contributed by atoms with E-state index < -0.39 is 10.0 Å². The van der Waals surface area contributed by atoms with Crippen molar-refractivity contribution in [2.75, 3.05) is 42.7 Å². The van der Waals surface area contributed by atoms with Gasteiger partial charge in [0.1, 0.15) is 0 Å². The quantitative estimate of drug-likeness (QED) is 0.725. The Kier molecular flexibility index (Phi) is 6.14. The largest absolute Gasteiger partial charge is 0.384 e. The number of nitrogens with one attached hydrogen (secondary N) is 2. The first-order chi connectivity index (χ1) is 13.8. The van der Waals surface area contributed by atoms with Crippen molar-refractivity contribution in [1.29, 1.82) is 0 Å². The minimum absolute atomic E-state index is 0.0502. The number of amides is 1. The molecule has 1 aliphatic heterocycles. The van der Waals surface area contributed by atoms with Crippen molar-refractivity contribution in [1.82, 2.24) is 4.31 Å². The maximum atomic E-state index is 13.0. The number of nitrogens with zero attached hydrogens (tertiary/aromatic N) is 2. The van der Waals surface area contributed by atoms with Crippen LogP contribution in [0.1, 0.15) is 19.4 Å². The molecule has 2 N–H and O–H groups in total. The molecule has 1 amide bonds. The highest BCUT2D eigenvalue weighted by molar-refractivity contribution is 7.89. The zero-order chi connectivity index (χ0) is 21.2. The van der Waals surface area contributed by atoms with Crippen molar-refractivity contribution < 1.29 is 13.2 Å². The van der Waals surface area contributed by atoms with E-state index >= 15 is 0 Å². The predicted octanol–water partition coefficient (Wildman–Crippen LogP) is 2.76. The number of para-hydroxylation sites is 1. The summed E-state index contributed by atoms with van der Waals surface area (Å²) in [4.78, 5) is 15.0. The molecule has 1 aliphatic rings. The van der Waals surface area contributed by atoms with E-state index in [-0.39, 0.29) is 23.4 Å². The molecule has 0 fully saturated rings. The fourth-order valence-electron chi connectivity index (χ4n) is 3.59. The van der Waals surface area contributed by atoms with Gasteiger partial charge in [-0.2, -0.15) is 0 Å². The molecule has 3 rings (SSSR count). The Hall–Kier alpha value is -2.58. The van der Waals surface area contributed by atoms with Crippen molar-refractivity contribution in [3.8, 4) is 0 Å². The molecule has 0 bridgehead atoms. The smallest absolute Gasteiger partial charge is 0.246 e. The van der Waals surface area contributed by atoms with Crippen LogP contribution in [0.5, 0.6) is 0 Å². The van der Waals surface area contributed by atoms with E-state index in [2.05, 4.69) is 10.6 Å². The maximum absolute atomic E-state index is 13.0. The summed E-state index contributed by atoms with van der Waals surface area (Å²) in [7, 11) is -0.571. The highest BCUT2D eigenvalue weighted by Crippen LogP contribution is 2.32. The molecular formula is C21H28N4O3S. The number of sulfonamides is 1. The molecule has 0 radical (unpaired) electrons. The molecule has 1 unspecified atom stereocenters. The molecule has 0 aromatic heterocycles. The Bertz CT molecular complexity index is 1000. The second kappa shape index (κ2) is 8.42. The summed E-state index contributed by atoms with van der Waals surface area (Å²) in [6.45, 7) is 4.75. The first kappa shape index (κ1) is 21.1. The number of carbonyl (C=O) groups is 1. The third-order valence-electron chi connectivity index (χ3n) is 5.04. The standard InChI is InChI=1S/C21H28N4O3S/c1-5-22-18-11-10-17(29(27,28)24(3)4)13-19(18)23-14-21(26)25-15(2)12-16-8-6-7-9-20(16)25/h6-11,13,15,22-23H,5,12,14H2,1-4H3. The molecule has 0 saturated carbocycles. The minimum Gasteiger partial charge on any atom is -0.384 e. The van der Waals surface area contributed by atoms with Crippen LogP contribution in [0, 0.1) is 0 Å². The van der Waals surface area contributed by atoms with Crippen LogP contribution in [0.2, 0.25) is 0 Å². The van der Waals surface area contributed by atoms with E-state index in [0.29, 0.717) is 12.2 Å². The number of rotatable bonds is 7. The van der Waals surface area contributed by atoms with Gasteiger partial charge < -0.3 is 15.5 Å². The normalized spacial score (nSPS) is 16.0. The van der Waals surface area contributed by atoms with Crippen molar-refractivity contribution >= 4 is 33.0 Å². The van der Waals surface area contributed by atoms with Gasteiger partial charge in [-0.25, -0.2) is 12.7 Å². The Morgan fingerprint density at radius 2 is 1.86 bits per heavy atom. The van der Waals surface area contributed by atoms with Gasteiger partial charge in [0.05, 0.1) is 22.8 Å². The van der Waals surface area contributed by atoms with Crippen LogP contribution >= 0.6 is 0 Å². The Morgan fingerprint density at radius 1 is 1.14 bits per heavy atom. The third-order valence-corrected chi connectivity index (χ3v) is 6.85. The Balaban J connectivity index is 1.83. The lowest BCUT2D eigenvalue weighted by molar-refractivity contribution is -0.117. The summed E-state index contributed by atoms with van der Waals surface area (Å²) in [5, 5.41) is 6.35. The number of anilines is 3. The fraction of sp³-hybridized carbons (Fsp3) is 0.381. The van der Waals surface area contributed by atoms with Gasteiger partial charge in [0, 0.05) is 32.4 Å². The summed E-state index contributed by atoms with van der Waals surface area (Å²) in [6.07, 6.45) is 0.834. The fourth-order valence-corrected chi connectivity index (χ4v) is 4.52. The zero-order valence-electron chi connectivity index (χ0n) is 17.3. The lowest BCUT2D eigenvalue weighted by Crippen LogP contribution is -2.39. The molecule has 2 aromatic rings. The SMILES string of the molecule is CCNc1ccc(S(=O)(=O)N(C)C)cc1NCC(=O)N1c2ccccc2CC1C. The molecule has 8 heteroatoms. The van der Waals surface area contributed by atoms with E-state index in [1.807, 2.05) is 43.0 Å².